The maximum atomic E-state index is 12.3. The van der Waals surface area contributed by atoms with Crippen molar-refractivity contribution in [2.24, 2.45) is 4.99 Å². The van der Waals surface area contributed by atoms with Gasteiger partial charge in [-0.1, -0.05) is 41.7 Å². The van der Waals surface area contributed by atoms with Crippen LogP contribution in [-0.2, 0) is 20.9 Å². The number of thiazole rings is 1. The van der Waals surface area contributed by atoms with Gasteiger partial charge in [-0.15, -0.1) is 0 Å². The van der Waals surface area contributed by atoms with Crippen molar-refractivity contribution < 1.29 is 23.8 Å². The van der Waals surface area contributed by atoms with E-state index in [2.05, 4.69) is 4.99 Å². The van der Waals surface area contributed by atoms with E-state index in [1.165, 1.54) is 24.5 Å². The highest BCUT2D eigenvalue weighted by Crippen LogP contribution is 2.36. The van der Waals surface area contributed by atoms with Crippen molar-refractivity contribution in [3.8, 4) is 11.5 Å². The quantitative estimate of drug-likeness (QED) is 0.501. The van der Waals surface area contributed by atoms with Crippen LogP contribution in [0.5, 0.6) is 11.5 Å². The second kappa shape index (κ2) is 7.69. The van der Waals surface area contributed by atoms with Crippen LogP contribution < -0.4 is 14.3 Å². The third-order valence-corrected chi connectivity index (χ3v) is 5.16. The van der Waals surface area contributed by atoms with E-state index in [4.69, 9.17) is 14.2 Å². The number of amides is 1. The monoisotopic (exact) mass is 396 g/mol. The van der Waals surface area contributed by atoms with Crippen LogP contribution >= 0.6 is 11.3 Å². The van der Waals surface area contributed by atoms with E-state index in [1.807, 2.05) is 36.4 Å². The molecule has 2 aromatic carbocycles. The number of carbonyl (C=O) groups is 2. The Hall–Kier alpha value is -3.39. The average molecular weight is 396 g/mol. The van der Waals surface area contributed by atoms with Crippen LogP contribution in [-0.4, -0.2) is 30.3 Å². The third-order valence-electron chi connectivity index (χ3n) is 4.12. The molecule has 1 aliphatic rings. The van der Waals surface area contributed by atoms with E-state index in [-0.39, 0.29) is 13.3 Å². The predicted octanol–water partition coefficient (Wildman–Crippen LogP) is 2.75. The Morgan fingerprint density at radius 1 is 1.21 bits per heavy atom. The van der Waals surface area contributed by atoms with Crippen LogP contribution in [0.3, 0.4) is 0 Å². The molecule has 4 rings (SSSR count). The van der Waals surface area contributed by atoms with Crippen LogP contribution in [0.25, 0.3) is 16.3 Å². The molecule has 28 heavy (non-hydrogen) atoms. The van der Waals surface area contributed by atoms with Crippen molar-refractivity contribution in [3.63, 3.8) is 0 Å². The summed E-state index contributed by atoms with van der Waals surface area (Å²) in [6, 6.07) is 13.1. The molecule has 8 heteroatoms. The molecule has 0 aliphatic carbocycles. The summed E-state index contributed by atoms with van der Waals surface area (Å²) in [5, 5.41) is 0. The molecule has 1 aromatic heterocycles. The molecule has 0 N–H and O–H groups in total. The van der Waals surface area contributed by atoms with E-state index in [1.54, 1.807) is 16.7 Å². The van der Waals surface area contributed by atoms with Crippen molar-refractivity contribution in [2.75, 3.05) is 13.9 Å². The molecule has 2 heterocycles. The molecule has 0 spiro atoms. The number of hydrogen-bond acceptors (Lipinski definition) is 6. The smallest absolute Gasteiger partial charge is 0.325 e. The molecule has 0 saturated carbocycles. The standard InChI is InChI=1S/C20H16N2O5S/c1-25-19(24)11-22-14-9-15-16(27-12-26-15)10-17(14)28-20(22)21-18(23)8-7-13-5-3-2-4-6-13/h2-10H,11-12H2,1H3/b8-7+,21-20?. The first kappa shape index (κ1) is 18.0. The highest BCUT2D eigenvalue weighted by atomic mass is 32.1. The molecule has 1 aliphatic heterocycles. The summed E-state index contributed by atoms with van der Waals surface area (Å²) >= 11 is 1.29. The van der Waals surface area contributed by atoms with Crippen molar-refractivity contribution >= 4 is 39.5 Å². The number of benzene rings is 2. The van der Waals surface area contributed by atoms with Gasteiger partial charge in [-0.25, -0.2) is 0 Å². The molecule has 0 fully saturated rings. The summed E-state index contributed by atoms with van der Waals surface area (Å²) in [5.41, 5.74) is 1.62. The minimum atomic E-state index is -0.439. The molecule has 0 radical (unpaired) electrons. The number of esters is 1. The highest BCUT2D eigenvalue weighted by Gasteiger charge is 2.19. The van der Waals surface area contributed by atoms with Crippen LogP contribution in [0.15, 0.2) is 53.5 Å². The molecule has 0 bridgehead atoms. The van der Waals surface area contributed by atoms with Gasteiger partial charge in [0.25, 0.3) is 5.91 Å². The van der Waals surface area contributed by atoms with Gasteiger partial charge in [-0.05, 0) is 11.6 Å². The lowest BCUT2D eigenvalue weighted by Crippen LogP contribution is -2.22. The van der Waals surface area contributed by atoms with E-state index in [9.17, 15) is 9.59 Å². The number of methoxy groups -OCH3 is 1. The molecule has 0 saturated heterocycles. The maximum Gasteiger partial charge on any atom is 0.325 e. The Labute approximate surface area is 164 Å². The first-order valence-corrected chi connectivity index (χ1v) is 9.27. The lowest BCUT2D eigenvalue weighted by molar-refractivity contribution is -0.141. The topological polar surface area (TPSA) is 79.1 Å². The van der Waals surface area contributed by atoms with E-state index in [0.29, 0.717) is 16.3 Å². The fourth-order valence-electron chi connectivity index (χ4n) is 2.75. The Bertz CT molecular complexity index is 1140. The second-order valence-corrected chi connectivity index (χ2v) is 6.92. The van der Waals surface area contributed by atoms with Gasteiger partial charge in [0.1, 0.15) is 6.54 Å². The van der Waals surface area contributed by atoms with Crippen LogP contribution in [0, 0.1) is 0 Å². The van der Waals surface area contributed by atoms with E-state index in [0.717, 1.165) is 15.8 Å². The molecular formula is C20H16N2O5S. The minimum Gasteiger partial charge on any atom is -0.468 e. The Morgan fingerprint density at radius 3 is 2.71 bits per heavy atom. The van der Waals surface area contributed by atoms with Crippen LogP contribution in [0.1, 0.15) is 5.56 Å². The summed E-state index contributed by atoms with van der Waals surface area (Å²) in [4.78, 5) is 28.8. The van der Waals surface area contributed by atoms with E-state index < -0.39 is 11.9 Å². The lowest BCUT2D eigenvalue weighted by Gasteiger charge is -2.04. The minimum absolute atomic E-state index is 0.0648. The number of fused-ring (bicyclic) bond motifs is 2. The van der Waals surface area contributed by atoms with Gasteiger partial charge < -0.3 is 18.8 Å². The molecule has 0 unspecified atom stereocenters. The fourth-order valence-corrected chi connectivity index (χ4v) is 3.80. The zero-order valence-electron chi connectivity index (χ0n) is 15.0. The molecule has 142 valence electrons. The molecule has 7 nitrogen and oxygen atoms in total. The first-order chi connectivity index (χ1) is 13.6. The van der Waals surface area contributed by atoms with Gasteiger partial charge in [0.15, 0.2) is 16.3 Å². The molecule has 3 aromatic rings. The van der Waals surface area contributed by atoms with Crippen molar-refractivity contribution in [1.29, 1.82) is 0 Å². The SMILES string of the molecule is COC(=O)Cn1c(=NC(=O)/C=C/c2ccccc2)sc2cc3c(cc21)OCO3. The second-order valence-electron chi connectivity index (χ2n) is 5.91. The fraction of sp³-hybridized carbons (Fsp3) is 0.150. The lowest BCUT2D eigenvalue weighted by atomic mass is 10.2. The van der Waals surface area contributed by atoms with Gasteiger partial charge in [-0.2, -0.15) is 4.99 Å². The number of rotatable bonds is 4. The summed E-state index contributed by atoms with van der Waals surface area (Å²) in [6.07, 6.45) is 3.09. The van der Waals surface area contributed by atoms with Crippen LogP contribution in [0.2, 0.25) is 0 Å². The molecule has 0 atom stereocenters. The highest BCUT2D eigenvalue weighted by molar-refractivity contribution is 7.16. The Kier molecular flexibility index (Phi) is 4.94. The van der Waals surface area contributed by atoms with Crippen molar-refractivity contribution in [3.05, 3.63) is 58.9 Å². The normalized spacial score (nSPS) is 13.4. The van der Waals surface area contributed by atoms with Gasteiger partial charge in [0.05, 0.1) is 17.3 Å². The molecular weight excluding hydrogens is 380 g/mol. The van der Waals surface area contributed by atoms with Crippen molar-refractivity contribution in [1.82, 2.24) is 4.57 Å². The number of ether oxygens (including phenoxy) is 3. The van der Waals surface area contributed by atoms with Gasteiger partial charge in [0, 0.05) is 18.2 Å². The third kappa shape index (κ3) is 3.67. The van der Waals surface area contributed by atoms with Crippen molar-refractivity contribution in [2.45, 2.75) is 6.54 Å². The van der Waals surface area contributed by atoms with E-state index >= 15 is 0 Å². The summed E-state index contributed by atoms with van der Waals surface area (Å²) in [7, 11) is 1.32. The first-order valence-electron chi connectivity index (χ1n) is 8.45. The molecule has 1 amide bonds. The summed E-state index contributed by atoms with van der Waals surface area (Å²) in [6.45, 7) is 0.0915. The number of aromatic nitrogens is 1. The average Bonchev–Trinajstić information content (AvgIpc) is 3.29. The largest absolute Gasteiger partial charge is 0.468 e. The Balaban J connectivity index is 1.75. The van der Waals surface area contributed by atoms with Gasteiger partial charge >= 0.3 is 5.97 Å². The zero-order valence-corrected chi connectivity index (χ0v) is 15.8. The Morgan fingerprint density at radius 2 is 1.96 bits per heavy atom. The maximum absolute atomic E-state index is 12.3. The number of nitrogens with zero attached hydrogens (tertiary/aromatic N) is 2. The number of hydrogen-bond donors (Lipinski definition) is 0. The predicted molar refractivity (Wildman–Crippen MR) is 104 cm³/mol. The summed E-state index contributed by atoms with van der Waals surface area (Å²) in [5.74, 6) is 0.353. The number of carbonyl (C=O) groups excluding carboxylic acids is 2. The van der Waals surface area contributed by atoms with Gasteiger partial charge in [0.2, 0.25) is 6.79 Å². The summed E-state index contributed by atoms with van der Waals surface area (Å²) < 4.78 is 18.1. The van der Waals surface area contributed by atoms with Gasteiger partial charge in [-0.3, -0.25) is 9.59 Å². The zero-order chi connectivity index (χ0) is 19.5. The van der Waals surface area contributed by atoms with Crippen LogP contribution in [0.4, 0.5) is 0 Å².